The van der Waals surface area contributed by atoms with E-state index in [1.807, 2.05) is 4.68 Å². The number of carboxylic acid groups (broad SMARTS) is 1. The van der Waals surface area contributed by atoms with E-state index in [9.17, 15) is 14.0 Å². The smallest absolute Gasteiger partial charge is 0.328 e. The van der Waals surface area contributed by atoms with Gasteiger partial charge in [-0.15, -0.1) is 0 Å². The summed E-state index contributed by atoms with van der Waals surface area (Å²) in [5.41, 5.74) is 1.20. The Labute approximate surface area is 122 Å². The maximum atomic E-state index is 12.6. The number of rotatable bonds is 7. The van der Waals surface area contributed by atoms with Crippen LogP contribution in [-0.4, -0.2) is 39.5 Å². The van der Waals surface area contributed by atoms with Crippen molar-refractivity contribution in [3.8, 4) is 0 Å². The summed E-state index contributed by atoms with van der Waals surface area (Å²) < 4.78 is 14.4. The van der Waals surface area contributed by atoms with Gasteiger partial charge >= 0.3 is 5.97 Å². The maximum absolute atomic E-state index is 12.6. The van der Waals surface area contributed by atoms with Gasteiger partial charge in [0.2, 0.25) is 0 Å². The first-order chi connectivity index (χ1) is 9.93. The average molecular weight is 297 g/mol. The lowest BCUT2D eigenvalue weighted by Crippen LogP contribution is -2.42. The van der Waals surface area contributed by atoms with Gasteiger partial charge < -0.3 is 10.4 Å². The fraction of sp³-hybridized carbons (Fsp3) is 0.643. The average Bonchev–Trinajstić information content (AvgIpc) is 3.16. The number of amides is 1. The van der Waals surface area contributed by atoms with Gasteiger partial charge in [0, 0.05) is 12.5 Å². The Balaban J connectivity index is 2.20. The number of halogens is 1. The summed E-state index contributed by atoms with van der Waals surface area (Å²) in [6.07, 6.45) is 3.44. The summed E-state index contributed by atoms with van der Waals surface area (Å²) in [6.45, 7) is 3.67. The van der Waals surface area contributed by atoms with Crippen LogP contribution in [-0.2, 0) is 11.3 Å². The highest BCUT2D eigenvalue weighted by Crippen LogP contribution is 2.41. The molecule has 1 amide bonds. The zero-order valence-corrected chi connectivity index (χ0v) is 12.2. The minimum Gasteiger partial charge on any atom is -0.480 e. The van der Waals surface area contributed by atoms with Crippen molar-refractivity contribution in [1.29, 1.82) is 0 Å². The molecule has 1 aromatic rings. The Morgan fingerprint density at radius 2 is 2.19 bits per heavy atom. The molecule has 1 aliphatic carbocycles. The Morgan fingerprint density at radius 3 is 2.67 bits per heavy atom. The highest BCUT2D eigenvalue weighted by Gasteiger charge is 2.33. The number of hydrogen-bond acceptors (Lipinski definition) is 3. The number of alkyl halides is 1. The number of carbonyl (C=O) groups excluding carboxylic acids is 1. The van der Waals surface area contributed by atoms with Crippen LogP contribution in [0, 0.1) is 5.92 Å². The van der Waals surface area contributed by atoms with Crippen molar-refractivity contribution in [2.45, 2.75) is 45.2 Å². The molecule has 1 heterocycles. The van der Waals surface area contributed by atoms with E-state index in [1.165, 1.54) is 6.20 Å². The van der Waals surface area contributed by atoms with Crippen LogP contribution in [0.1, 0.15) is 48.7 Å². The molecule has 1 aromatic heterocycles. The van der Waals surface area contributed by atoms with Crippen molar-refractivity contribution in [3.05, 3.63) is 17.5 Å². The third-order valence-corrected chi connectivity index (χ3v) is 3.38. The van der Waals surface area contributed by atoms with Gasteiger partial charge in [-0.25, -0.2) is 9.18 Å². The van der Waals surface area contributed by atoms with Gasteiger partial charge in [0.1, 0.15) is 6.67 Å². The van der Waals surface area contributed by atoms with E-state index in [2.05, 4.69) is 24.3 Å². The summed E-state index contributed by atoms with van der Waals surface area (Å²) in [6, 6.07) is -1.52. The van der Waals surface area contributed by atoms with E-state index in [0.29, 0.717) is 23.9 Å². The Hall–Kier alpha value is -1.92. The molecule has 0 aromatic carbocycles. The zero-order valence-electron chi connectivity index (χ0n) is 12.2. The first kappa shape index (κ1) is 15.5. The van der Waals surface area contributed by atoms with Crippen LogP contribution in [0.3, 0.4) is 0 Å². The SMILES string of the molecule is CC(C)Cn1ncc(C(=O)NC(CF)C(=O)O)c1C1CC1. The lowest BCUT2D eigenvalue weighted by Gasteiger charge is -2.13. The highest BCUT2D eigenvalue weighted by atomic mass is 19.1. The monoisotopic (exact) mass is 297 g/mol. The number of carboxylic acids is 1. The third-order valence-electron chi connectivity index (χ3n) is 3.38. The quantitative estimate of drug-likeness (QED) is 0.800. The number of hydrogen-bond donors (Lipinski definition) is 2. The Kier molecular flexibility index (Phi) is 4.59. The Morgan fingerprint density at radius 1 is 1.52 bits per heavy atom. The highest BCUT2D eigenvalue weighted by molar-refractivity contribution is 5.97. The molecular weight excluding hydrogens is 277 g/mol. The van der Waals surface area contributed by atoms with E-state index >= 15 is 0 Å². The predicted molar refractivity (Wildman–Crippen MR) is 73.9 cm³/mol. The molecular formula is C14H20FN3O3. The largest absolute Gasteiger partial charge is 0.480 e. The molecule has 0 aliphatic heterocycles. The van der Waals surface area contributed by atoms with Crippen molar-refractivity contribution < 1.29 is 19.1 Å². The first-order valence-electron chi connectivity index (χ1n) is 7.09. The van der Waals surface area contributed by atoms with Crippen LogP contribution in [0.4, 0.5) is 4.39 Å². The van der Waals surface area contributed by atoms with Crippen molar-refractivity contribution in [2.24, 2.45) is 5.92 Å². The normalized spacial score (nSPS) is 16.0. The summed E-state index contributed by atoms with van der Waals surface area (Å²) >= 11 is 0. The van der Waals surface area contributed by atoms with E-state index in [0.717, 1.165) is 18.5 Å². The molecule has 1 unspecified atom stereocenters. The van der Waals surface area contributed by atoms with Gasteiger partial charge in [-0.3, -0.25) is 9.48 Å². The van der Waals surface area contributed by atoms with Gasteiger partial charge in [0.25, 0.3) is 5.91 Å². The topological polar surface area (TPSA) is 84.2 Å². The second-order valence-corrected chi connectivity index (χ2v) is 5.81. The lowest BCUT2D eigenvalue weighted by atomic mass is 10.1. The second-order valence-electron chi connectivity index (χ2n) is 5.81. The molecule has 1 aliphatic rings. The minimum absolute atomic E-state index is 0.292. The third kappa shape index (κ3) is 3.59. The molecule has 2 rings (SSSR count). The second kappa shape index (κ2) is 6.24. The summed E-state index contributed by atoms with van der Waals surface area (Å²) in [4.78, 5) is 23.0. The van der Waals surface area contributed by atoms with Gasteiger partial charge in [-0.1, -0.05) is 13.8 Å². The standard InChI is InChI=1S/C14H20FN3O3/c1-8(2)7-18-12(9-3-4-9)10(6-16-18)13(19)17-11(5-15)14(20)21/h6,8-9,11H,3-5,7H2,1-2H3,(H,17,19)(H,20,21). The summed E-state index contributed by atoms with van der Waals surface area (Å²) in [5.74, 6) is -1.28. The number of carbonyl (C=O) groups is 2. The predicted octanol–water partition coefficient (Wildman–Crippen LogP) is 1.57. The van der Waals surface area contributed by atoms with Crippen LogP contribution in [0.5, 0.6) is 0 Å². The molecule has 1 saturated carbocycles. The number of nitrogens with zero attached hydrogens (tertiary/aromatic N) is 2. The van der Waals surface area contributed by atoms with Crippen LogP contribution in [0.25, 0.3) is 0 Å². The lowest BCUT2D eigenvalue weighted by molar-refractivity contribution is -0.139. The van der Waals surface area contributed by atoms with E-state index in [4.69, 9.17) is 5.11 Å². The van der Waals surface area contributed by atoms with Gasteiger partial charge in [-0.2, -0.15) is 5.10 Å². The van der Waals surface area contributed by atoms with Crippen molar-refractivity contribution in [2.75, 3.05) is 6.67 Å². The first-order valence-corrected chi connectivity index (χ1v) is 7.09. The summed E-state index contributed by atoms with van der Waals surface area (Å²) in [7, 11) is 0. The molecule has 0 radical (unpaired) electrons. The van der Waals surface area contributed by atoms with Crippen LogP contribution in [0.2, 0.25) is 0 Å². The number of aliphatic carboxylic acids is 1. The molecule has 21 heavy (non-hydrogen) atoms. The van der Waals surface area contributed by atoms with E-state index in [-0.39, 0.29) is 0 Å². The fourth-order valence-electron chi connectivity index (χ4n) is 2.25. The van der Waals surface area contributed by atoms with Crippen LogP contribution in [0.15, 0.2) is 6.20 Å². The number of aromatic nitrogens is 2. The van der Waals surface area contributed by atoms with Gasteiger partial charge in [0.05, 0.1) is 17.5 Å². The van der Waals surface area contributed by atoms with E-state index in [1.54, 1.807) is 0 Å². The van der Waals surface area contributed by atoms with Crippen molar-refractivity contribution >= 4 is 11.9 Å². The van der Waals surface area contributed by atoms with Gasteiger partial charge in [0.15, 0.2) is 6.04 Å². The van der Waals surface area contributed by atoms with Crippen LogP contribution < -0.4 is 5.32 Å². The molecule has 0 spiro atoms. The molecule has 6 nitrogen and oxygen atoms in total. The maximum Gasteiger partial charge on any atom is 0.328 e. The summed E-state index contributed by atoms with van der Waals surface area (Å²) in [5, 5.41) is 15.2. The molecule has 0 bridgehead atoms. The molecule has 2 N–H and O–H groups in total. The molecule has 7 heteroatoms. The van der Waals surface area contributed by atoms with Crippen molar-refractivity contribution in [3.63, 3.8) is 0 Å². The molecule has 1 fully saturated rings. The van der Waals surface area contributed by atoms with Gasteiger partial charge in [-0.05, 0) is 18.8 Å². The molecule has 0 saturated heterocycles. The van der Waals surface area contributed by atoms with E-state index < -0.39 is 24.6 Å². The molecule has 1 atom stereocenters. The minimum atomic E-state index is -1.52. The fourth-order valence-corrected chi connectivity index (χ4v) is 2.25. The van der Waals surface area contributed by atoms with Crippen LogP contribution >= 0.6 is 0 Å². The molecule has 116 valence electrons. The van der Waals surface area contributed by atoms with Crippen molar-refractivity contribution in [1.82, 2.24) is 15.1 Å². The number of nitrogens with one attached hydrogen (secondary N) is 1. The Bertz CT molecular complexity index is 538. The zero-order chi connectivity index (χ0) is 15.6.